The highest BCUT2D eigenvalue weighted by Crippen LogP contribution is 2.44. The Morgan fingerprint density at radius 2 is 0.733 bits per heavy atom. The van der Waals surface area contributed by atoms with Crippen LogP contribution in [0.15, 0.2) is 106 Å². The minimum absolute atomic E-state index is 0.0958. The van der Waals surface area contributed by atoms with E-state index in [1.165, 1.54) is 20.8 Å². The van der Waals surface area contributed by atoms with Crippen molar-refractivity contribution in [3.05, 3.63) is 139 Å². The van der Waals surface area contributed by atoms with Crippen molar-refractivity contribution < 1.29 is 105 Å². The molecule has 6 heterocycles. The van der Waals surface area contributed by atoms with Crippen molar-refractivity contribution in [2.24, 2.45) is 50.9 Å². The molecular weight excluding hydrogens is 1370 g/mol. The maximum absolute atomic E-state index is 12.8. The Hall–Kier alpha value is -7.08. The van der Waals surface area contributed by atoms with Crippen LogP contribution in [-0.4, -0.2) is 197 Å². The van der Waals surface area contributed by atoms with Crippen LogP contribution < -0.4 is 0 Å². The van der Waals surface area contributed by atoms with Gasteiger partial charge in [0, 0.05) is 59.7 Å². The Kier molecular flexibility index (Phi) is 31.0. The predicted octanol–water partition coefficient (Wildman–Crippen LogP) is 10.4. The maximum Gasteiger partial charge on any atom is 0.302 e. The molecule has 6 aliphatic rings. The van der Waals surface area contributed by atoms with E-state index in [-0.39, 0.29) is 46.2 Å². The minimum atomic E-state index is -1.35. The third kappa shape index (κ3) is 21.4. The van der Waals surface area contributed by atoms with Crippen LogP contribution in [0.3, 0.4) is 0 Å². The molecule has 1 N–H and O–H groups in total. The Morgan fingerprint density at radius 1 is 0.419 bits per heavy atom. The molecule has 105 heavy (non-hydrogen) atoms. The van der Waals surface area contributed by atoms with Gasteiger partial charge in [-0.25, -0.2) is 0 Å². The maximum atomic E-state index is 12.8. The van der Waals surface area contributed by atoms with Crippen molar-refractivity contribution in [1.29, 1.82) is 0 Å². The second-order valence-corrected chi connectivity index (χ2v) is 27.9. The fourth-order valence-electron chi connectivity index (χ4n) is 14.4. The Bertz CT molecular complexity index is 3430. The van der Waals surface area contributed by atoms with Crippen molar-refractivity contribution in [2.75, 3.05) is 26.4 Å². The number of terminal acetylenes is 1. The summed E-state index contributed by atoms with van der Waals surface area (Å²) in [6, 6.07) is 25.4. The number of esters is 3. The summed E-state index contributed by atoms with van der Waals surface area (Å²) < 4.78 is 118. The molecule has 0 bridgehead atoms. The Labute approximate surface area is 612 Å². The third-order valence-electron chi connectivity index (χ3n) is 20.3. The smallest absolute Gasteiger partial charge is 0.302 e. The van der Waals surface area contributed by atoms with Crippen molar-refractivity contribution in [3.63, 3.8) is 0 Å². The van der Waals surface area contributed by atoms with E-state index in [4.69, 9.17) is 91.7 Å². The van der Waals surface area contributed by atoms with Gasteiger partial charge in [0.25, 0.3) is 0 Å². The lowest BCUT2D eigenvalue weighted by Gasteiger charge is -2.52. The second-order valence-electron chi connectivity index (χ2n) is 27.9. The zero-order chi connectivity index (χ0) is 75.4. The van der Waals surface area contributed by atoms with E-state index in [2.05, 4.69) is 36.0 Å². The average Bonchev–Trinajstić information content (AvgIpc) is 0.772. The molecule has 0 radical (unpaired) electrons. The van der Waals surface area contributed by atoms with Gasteiger partial charge in [0.05, 0.1) is 99.5 Å². The summed E-state index contributed by atoms with van der Waals surface area (Å²) in [7, 11) is 0. The van der Waals surface area contributed by atoms with Gasteiger partial charge in [-0.3, -0.25) is 14.4 Å². The van der Waals surface area contributed by atoms with E-state index in [9.17, 15) is 36.1 Å². The largest absolute Gasteiger partial charge is 0.463 e. The number of ether oxygens (including phenoxy) is 18. The van der Waals surface area contributed by atoms with Crippen molar-refractivity contribution in [1.82, 2.24) is 0 Å². The first-order valence-electron chi connectivity index (χ1n) is 36.0. The van der Waals surface area contributed by atoms with Gasteiger partial charge in [0.15, 0.2) is 37.7 Å². The van der Waals surface area contributed by atoms with Gasteiger partial charge < -0.3 is 90.4 Å². The molecule has 31 nitrogen and oxygen atoms in total. The predicted molar refractivity (Wildman–Crippen MR) is 372 cm³/mol. The van der Waals surface area contributed by atoms with E-state index < -0.39 is 201 Å². The standard InChI is InChI=1S/C74H101N9O22/c1-14-15-25-32-88-72-57(78-81-75)39(2)61(54(98-72)36-89-48(11)84)102-70-43(6)65(93-34-52-28-21-17-22-29-52)67(46(9)96-70)105-74-59(80-83-77)41(4)63(56(100-74)38-91-50(13)86)103-71-44(7)66(94-35-53-30-23-18-24-31-53)68(47(10)97-71)104-73-58(79-82-76)40(3)62(55(99-73)37-90-49(12)85)101-69-42(5)64(60(87)45(8)95-69)92-33-51-26-19-16-20-27-51/h1,16-24,26-31,39-47,54-74,87H,15,25,32-38H2,2-13H3/t39-,40-,41-,42?,43?,44?,45?,46?,47?,54?,55?,56?,57?,58?,59?,60+,61-,62-,63-,64+,65+,66+,67+,68+,69+,70+,71+,72-,73+,74+/m1/s1. The molecule has 30 atom stereocenters. The molecule has 0 saturated carbocycles. The number of benzene rings is 3. The normalized spacial score (nSPS) is 37.6. The van der Waals surface area contributed by atoms with Crippen LogP contribution >= 0.6 is 0 Å². The van der Waals surface area contributed by atoms with E-state index in [1.54, 1.807) is 27.7 Å². The lowest BCUT2D eigenvalue weighted by Crippen LogP contribution is -2.64. The monoisotopic (exact) mass is 1470 g/mol. The summed E-state index contributed by atoms with van der Waals surface area (Å²) in [5.74, 6) is -3.15. The fourth-order valence-corrected chi connectivity index (χ4v) is 14.4. The summed E-state index contributed by atoms with van der Waals surface area (Å²) in [4.78, 5) is 47.3. The second kappa shape index (κ2) is 39.7. The third-order valence-corrected chi connectivity index (χ3v) is 20.3. The quantitative estimate of drug-likeness (QED) is 0.0115. The molecular formula is C74H101N9O22. The first-order valence-corrected chi connectivity index (χ1v) is 36.0. The van der Waals surface area contributed by atoms with Crippen LogP contribution in [-0.2, 0) is 119 Å². The number of aliphatic hydroxyl groups is 1. The molecule has 6 fully saturated rings. The zero-order valence-corrected chi connectivity index (χ0v) is 61.5. The van der Waals surface area contributed by atoms with Gasteiger partial charge in [0.1, 0.15) is 56.4 Å². The van der Waals surface area contributed by atoms with Crippen molar-refractivity contribution in [3.8, 4) is 12.3 Å². The molecule has 9 rings (SSSR count). The van der Waals surface area contributed by atoms with Crippen LogP contribution in [0.1, 0.15) is 113 Å². The van der Waals surface area contributed by atoms with Gasteiger partial charge in [-0.1, -0.05) is 148 Å². The Morgan fingerprint density at radius 3 is 1.08 bits per heavy atom. The Balaban J connectivity index is 0.963. The number of hydrogen-bond acceptors (Lipinski definition) is 25. The van der Waals surface area contributed by atoms with Crippen LogP contribution in [0.5, 0.6) is 0 Å². The summed E-state index contributed by atoms with van der Waals surface area (Å²) in [6.45, 7) is 19.8. The highest BCUT2D eigenvalue weighted by atomic mass is 16.8. The molecule has 0 aliphatic carbocycles. The molecule has 0 aromatic heterocycles. The summed E-state index contributed by atoms with van der Waals surface area (Å²) in [6.07, 6.45) is -14.2. The molecule has 6 saturated heterocycles. The molecule has 0 spiro atoms. The lowest BCUT2D eigenvalue weighted by molar-refractivity contribution is -0.370. The molecule has 3 aromatic rings. The first kappa shape index (κ1) is 82.0. The topological polar surface area (TPSA) is 384 Å². The van der Waals surface area contributed by atoms with Crippen LogP contribution in [0.25, 0.3) is 31.3 Å². The number of unbranched alkanes of at least 4 members (excludes halogenated alkanes) is 1. The number of carbonyl (C=O) groups excluding carboxylic acids is 3. The number of rotatable bonds is 32. The molecule has 31 heteroatoms. The number of carbonyl (C=O) groups is 3. The highest BCUT2D eigenvalue weighted by Gasteiger charge is 2.57. The van der Waals surface area contributed by atoms with Crippen molar-refractivity contribution >= 4 is 17.9 Å². The molecule has 12 unspecified atom stereocenters. The van der Waals surface area contributed by atoms with Crippen LogP contribution in [0.2, 0.25) is 0 Å². The number of aliphatic hydroxyl groups excluding tert-OH is 1. The number of azide groups is 3. The summed E-state index contributed by atoms with van der Waals surface area (Å²) >= 11 is 0. The van der Waals surface area contributed by atoms with E-state index in [0.717, 1.165) is 16.7 Å². The van der Waals surface area contributed by atoms with Crippen molar-refractivity contribution in [2.45, 2.75) is 263 Å². The molecule has 6 aliphatic heterocycles. The zero-order valence-electron chi connectivity index (χ0n) is 61.5. The molecule has 574 valence electrons. The first-order chi connectivity index (χ1) is 50.5. The highest BCUT2D eigenvalue weighted by molar-refractivity contribution is 5.66. The SMILES string of the molecule is C#CCCCO[C@@H]1OC(COC(C)=O)[C@H](O[C@@H]2OC(C)[C@H](O[C@@H]3OC(COC(C)=O)[C@H](O[C@@H]4OC(C)[C@H](O[C@@H]5OC(COC(C)=O)[C@H](O[C@@H]6OC(C)[C@H](O)[C@@H](OCc7ccccc7)C6C)[C@H](C)C5N=[N+]=[N-])[C@@H](OCc5ccccc5)C4C)[C@H](C)C3N=[N+]=[N-])[C@@H](OCc3ccccc3)C2C)[C@H](C)C1N=[N+]=[N-]. The number of hydrogen-bond donors (Lipinski definition) is 1. The molecule has 0 amide bonds. The van der Waals surface area contributed by atoms with Gasteiger partial charge in [0.2, 0.25) is 0 Å². The number of nitrogens with zero attached hydrogens (tertiary/aromatic N) is 9. The molecule has 3 aromatic carbocycles. The summed E-state index contributed by atoms with van der Waals surface area (Å²) in [5.41, 5.74) is 33.0. The van der Waals surface area contributed by atoms with Gasteiger partial charge in [-0.2, -0.15) is 0 Å². The summed E-state index contributed by atoms with van der Waals surface area (Å²) in [5, 5.41) is 24.0. The van der Waals surface area contributed by atoms with E-state index in [1.807, 2.05) is 126 Å². The fraction of sp³-hybridized carbons (Fsp3) is 0.689. The van der Waals surface area contributed by atoms with Crippen LogP contribution in [0.4, 0.5) is 0 Å². The minimum Gasteiger partial charge on any atom is -0.463 e. The van der Waals surface area contributed by atoms with E-state index >= 15 is 0 Å². The van der Waals surface area contributed by atoms with Gasteiger partial charge in [-0.15, -0.1) is 12.3 Å². The van der Waals surface area contributed by atoms with Crippen LogP contribution in [0, 0.1) is 47.9 Å². The van der Waals surface area contributed by atoms with Gasteiger partial charge >= 0.3 is 17.9 Å². The van der Waals surface area contributed by atoms with Gasteiger partial charge in [-0.05, 0) is 78.2 Å². The van der Waals surface area contributed by atoms with E-state index in [0.29, 0.717) is 12.8 Å². The lowest BCUT2D eigenvalue weighted by atomic mass is 9.87. The average molecular weight is 1470 g/mol.